The van der Waals surface area contributed by atoms with Gasteiger partial charge in [0, 0.05) is 18.2 Å². The van der Waals surface area contributed by atoms with E-state index in [9.17, 15) is 14.9 Å². The number of carbonyl (C=O) groups is 1. The zero-order valence-corrected chi connectivity index (χ0v) is 9.61. The van der Waals surface area contributed by atoms with Gasteiger partial charge >= 0.3 is 0 Å². The normalized spacial score (nSPS) is 10.5. The number of aromatic nitrogens is 3. The van der Waals surface area contributed by atoms with Gasteiger partial charge < -0.3 is 0 Å². The summed E-state index contributed by atoms with van der Waals surface area (Å²) < 4.78 is 0. The van der Waals surface area contributed by atoms with Crippen molar-refractivity contribution < 1.29 is 9.72 Å². The Hall–Kier alpha value is -3.03. The minimum atomic E-state index is -0.482. The number of amides is 1. The molecular weight excluding hydrogens is 250 g/mol. The molecule has 19 heavy (non-hydrogen) atoms. The number of carbonyl (C=O) groups excluding carboxylic acids is 1. The van der Waals surface area contributed by atoms with E-state index >= 15 is 0 Å². The Bertz CT molecular complexity index is 604. The van der Waals surface area contributed by atoms with Crippen LogP contribution in [0.3, 0.4) is 0 Å². The predicted octanol–water partition coefficient (Wildman–Crippen LogP) is 1.36. The second kappa shape index (κ2) is 5.54. The summed E-state index contributed by atoms with van der Waals surface area (Å²) in [7, 11) is 0. The van der Waals surface area contributed by atoms with Crippen LogP contribution in [0.5, 0.6) is 0 Å². The number of hydrogen-bond acceptors (Lipinski definition) is 5. The van der Waals surface area contributed by atoms with Gasteiger partial charge in [-0.3, -0.25) is 20.2 Å². The minimum Gasteiger partial charge on any atom is -0.291 e. The lowest BCUT2D eigenvalue weighted by Crippen LogP contribution is -2.08. The molecule has 2 rings (SSSR count). The fraction of sp³-hybridized carbons (Fsp3) is 0. The van der Waals surface area contributed by atoms with Gasteiger partial charge in [0.1, 0.15) is 6.33 Å². The van der Waals surface area contributed by atoms with E-state index in [1.807, 2.05) is 0 Å². The van der Waals surface area contributed by atoms with E-state index in [0.29, 0.717) is 5.56 Å². The summed E-state index contributed by atoms with van der Waals surface area (Å²) in [6, 6.07) is 5.84. The second-order valence-electron chi connectivity index (χ2n) is 3.51. The number of nitro groups is 1. The first-order valence-corrected chi connectivity index (χ1v) is 5.24. The van der Waals surface area contributed by atoms with Crippen LogP contribution in [0.25, 0.3) is 6.08 Å². The molecule has 0 atom stereocenters. The van der Waals surface area contributed by atoms with Crippen LogP contribution >= 0.6 is 0 Å². The van der Waals surface area contributed by atoms with Crippen LogP contribution in [0.1, 0.15) is 5.56 Å². The maximum atomic E-state index is 11.5. The first-order valence-electron chi connectivity index (χ1n) is 5.24. The number of aromatic amines is 1. The molecule has 0 aliphatic carbocycles. The highest BCUT2D eigenvalue weighted by atomic mass is 16.6. The molecule has 0 unspecified atom stereocenters. The Labute approximate surface area is 107 Å². The van der Waals surface area contributed by atoms with E-state index in [4.69, 9.17) is 0 Å². The molecule has 0 aliphatic heterocycles. The summed E-state index contributed by atoms with van der Waals surface area (Å²) in [6.45, 7) is 0. The predicted molar refractivity (Wildman–Crippen MR) is 67.1 cm³/mol. The van der Waals surface area contributed by atoms with Gasteiger partial charge in [0.2, 0.25) is 5.95 Å². The SMILES string of the molecule is O=C(C=Cc1ccc([N+](=O)[O-])cc1)Nc1ncn[nH]1. The van der Waals surface area contributed by atoms with Crippen LogP contribution in [-0.2, 0) is 4.79 Å². The Kier molecular flexibility index (Phi) is 3.62. The van der Waals surface area contributed by atoms with Crippen molar-refractivity contribution in [2.24, 2.45) is 0 Å². The van der Waals surface area contributed by atoms with E-state index in [1.54, 1.807) is 12.1 Å². The van der Waals surface area contributed by atoms with E-state index < -0.39 is 4.92 Å². The first kappa shape index (κ1) is 12.4. The van der Waals surface area contributed by atoms with Crippen molar-refractivity contribution in [2.75, 3.05) is 5.32 Å². The number of benzene rings is 1. The van der Waals surface area contributed by atoms with Gasteiger partial charge in [-0.1, -0.05) is 0 Å². The molecule has 0 aliphatic rings. The number of nitrogens with zero attached hydrogens (tertiary/aromatic N) is 3. The van der Waals surface area contributed by atoms with Gasteiger partial charge in [-0.2, -0.15) is 10.1 Å². The Balaban J connectivity index is 1.98. The molecule has 1 amide bonds. The van der Waals surface area contributed by atoms with Crippen LogP contribution in [0.2, 0.25) is 0 Å². The van der Waals surface area contributed by atoms with Crippen LogP contribution in [0, 0.1) is 10.1 Å². The maximum Gasteiger partial charge on any atom is 0.269 e. The lowest BCUT2D eigenvalue weighted by atomic mass is 10.2. The zero-order valence-electron chi connectivity index (χ0n) is 9.61. The average molecular weight is 259 g/mol. The summed E-state index contributed by atoms with van der Waals surface area (Å²) in [5.41, 5.74) is 0.682. The molecule has 0 saturated heterocycles. The van der Waals surface area contributed by atoms with Gasteiger partial charge in [0.15, 0.2) is 0 Å². The smallest absolute Gasteiger partial charge is 0.269 e. The topological polar surface area (TPSA) is 114 Å². The molecule has 0 spiro atoms. The molecule has 2 N–H and O–H groups in total. The largest absolute Gasteiger partial charge is 0.291 e. The second-order valence-corrected chi connectivity index (χ2v) is 3.51. The third-order valence-electron chi connectivity index (χ3n) is 2.19. The number of H-pyrrole nitrogens is 1. The van der Waals surface area contributed by atoms with Crippen LogP contribution < -0.4 is 5.32 Å². The monoisotopic (exact) mass is 259 g/mol. The number of anilines is 1. The highest BCUT2D eigenvalue weighted by Gasteiger charge is 2.03. The molecule has 96 valence electrons. The molecule has 0 radical (unpaired) electrons. The lowest BCUT2D eigenvalue weighted by molar-refractivity contribution is -0.384. The quantitative estimate of drug-likeness (QED) is 0.489. The van der Waals surface area contributed by atoms with E-state index in [1.165, 1.54) is 30.6 Å². The van der Waals surface area contributed by atoms with E-state index in [-0.39, 0.29) is 17.5 Å². The first-order chi connectivity index (χ1) is 9.15. The number of rotatable bonds is 4. The number of nitrogens with one attached hydrogen (secondary N) is 2. The van der Waals surface area contributed by atoms with Crippen molar-refractivity contribution in [1.82, 2.24) is 15.2 Å². The highest BCUT2D eigenvalue weighted by molar-refractivity contribution is 6.00. The van der Waals surface area contributed by atoms with Crippen molar-refractivity contribution >= 4 is 23.6 Å². The van der Waals surface area contributed by atoms with Crippen molar-refractivity contribution in [2.45, 2.75) is 0 Å². The molecule has 0 bridgehead atoms. The lowest BCUT2D eigenvalue weighted by Gasteiger charge is -1.96. The number of non-ortho nitro benzene ring substituents is 1. The van der Waals surface area contributed by atoms with Crippen molar-refractivity contribution in [3.63, 3.8) is 0 Å². The Morgan fingerprint density at radius 1 is 1.37 bits per heavy atom. The average Bonchev–Trinajstić information content (AvgIpc) is 2.89. The minimum absolute atomic E-state index is 0.00302. The standard InChI is InChI=1S/C11H9N5O3/c17-10(14-11-12-7-13-15-11)6-3-8-1-4-9(5-2-8)16(18)19/h1-7H,(H2,12,13,14,15,17). The molecule has 2 aromatic rings. The molecular formula is C11H9N5O3. The Morgan fingerprint density at radius 2 is 2.11 bits per heavy atom. The molecule has 0 saturated carbocycles. The van der Waals surface area contributed by atoms with Crippen LogP contribution in [0.15, 0.2) is 36.7 Å². The summed E-state index contributed by atoms with van der Waals surface area (Å²) >= 11 is 0. The third kappa shape index (κ3) is 3.46. The van der Waals surface area contributed by atoms with Crippen LogP contribution in [0.4, 0.5) is 11.6 Å². The van der Waals surface area contributed by atoms with Gasteiger partial charge in [0.25, 0.3) is 11.6 Å². The summed E-state index contributed by atoms with van der Waals surface area (Å²) in [5.74, 6) is -0.131. The van der Waals surface area contributed by atoms with Gasteiger partial charge in [-0.05, 0) is 23.8 Å². The van der Waals surface area contributed by atoms with E-state index in [0.717, 1.165) is 0 Å². The molecule has 0 fully saturated rings. The van der Waals surface area contributed by atoms with Crippen molar-refractivity contribution in [3.8, 4) is 0 Å². The zero-order chi connectivity index (χ0) is 13.7. The Morgan fingerprint density at radius 3 is 2.68 bits per heavy atom. The summed E-state index contributed by atoms with van der Waals surface area (Å²) in [4.78, 5) is 25.2. The fourth-order valence-corrected chi connectivity index (χ4v) is 1.30. The highest BCUT2D eigenvalue weighted by Crippen LogP contribution is 2.12. The molecule has 8 nitrogen and oxygen atoms in total. The van der Waals surface area contributed by atoms with Crippen molar-refractivity contribution in [1.29, 1.82) is 0 Å². The molecule has 1 aromatic heterocycles. The van der Waals surface area contributed by atoms with Gasteiger partial charge in [-0.25, -0.2) is 5.10 Å². The van der Waals surface area contributed by atoms with E-state index in [2.05, 4.69) is 20.5 Å². The number of hydrogen-bond donors (Lipinski definition) is 2. The maximum absolute atomic E-state index is 11.5. The summed E-state index contributed by atoms with van der Waals surface area (Å²) in [5, 5.41) is 19.0. The fourth-order valence-electron chi connectivity index (χ4n) is 1.30. The van der Waals surface area contributed by atoms with Gasteiger partial charge in [0.05, 0.1) is 4.92 Å². The molecule has 8 heteroatoms. The van der Waals surface area contributed by atoms with Crippen LogP contribution in [-0.4, -0.2) is 26.0 Å². The van der Waals surface area contributed by atoms with Crippen molar-refractivity contribution in [3.05, 3.63) is 52.3 Å². The summed E-state index contributed by atoms with van der Waals surface area (Å²) in [6.07, 6.45) is 4.11. The third-order valence-corrected chi connectivity index (χ3v) is 2.19. The molecule has 1 aromatic carbocycles. The molecule has 1 heterocycles. The van der Waals surface area contributed by atoms with Gasteiger partial charge in [-0.15, -0.1) is 0 Å². The number of nitro benzene ring substituents is 1.